The highest BCUT2D eigenvalue weighted by atomic mass is 19.1. The monoisotopic (exact) mass is 252 g/mol. The zero-order valence-corrected chi connectivity index (χ0v) is 10.1. The van der Waals surface area contributed by atoms with Gasteiger partial charge in [0.2, 0.25) is 0 Å². The van der Waals surface area contributed by atoms with Crippen LogP contribution in [0.2, 0.25) is 0 Å². The topological polar surface area (TPSA) is 55.6 Å². The van der Waals surface area contributed by atoms with Crippen LogP contribution in [-0.2, 0) is 11.3 Å². The summed E-state index contributed by atoms with van der Waals surface area (Å²) in [5.74, 6) is 0. The lowest BCUT2D eigenvalue weighted by Gasteiger charge is -2.32. The Kier molecular flexibility index (Phi) is 4.15. The molecule has 0 aromatic heterocycles. The van der Waals surface area contributed by atoms with Gasteiger partial charge in [-0.05, 0) is 12.0 Å². The maximum Gasteiger partial charge on any atom is 0.410 e. The Balaban J connectivity index is 1.82. The molecule has 1 saturated heterocycles. The third-order valence-electron chi connectivity index (χ3n) is 3.03. The number of nitrogens with two attached hydrogens (primary N) is 1. The van der Waals surface area contributed by atoms with Crippen LogP contribution in [-0.4, -0.2) is 36.3 Å². The van der Waals surface area contributed by atoms with Crippen LogP contribution in [0.4, 0.5) is 9.18 Å². The smallest absolute Gasteiger partial charge is 0.410 e. The number of ether oxygens (including phenoxy) is 1. The first-order valence-electron chi connectivity index (χ1n) is 6.02. The molecular formula is C13H17FN2O2. The van der Waals surface area contributed by atoms with Crippen molar-refractivity contribution in [1.29, 1.82) is 0 Å². The number of hydrogen-bond donors (Lipinski definition) is 1. The van der Waals surface area contributed by atoms with Crippen molar-refractivity contribution in [3.63, 3.8) is 0 Å². The molecule has 1 heterocycles. The third-order valence-corrected chi connectivity index (χ3v) is 3.03. The Morgan fingerprint density at radius 2 is 2.17 bits per heavy atom. The number of halogens is 1. The summed E-state index contributed by atoms with van der Waals surface area (Å²) in [6.07, 6.45) is -1.17. The van der Waals surface area contributed by atoms with E-state index in [-0.39, 0.29) is 19.6 Å². The number of hydrogen-bond acceptors (Lipinski definition) is 3. The van der Waals surface area contributed by atoms with Crippen molar-refractivity contribution in [3.05, 3.63) is 35.9 Å². The van der Waals surface area contributed by atoms with Crippen molar-refractivity contribution in [2.75, 3.05) is 13.1 Å². The van der Waals surface area contributed by atoms with Crippen LogP contribution in [0.1, 0.15) is 12.0 Å². The van der Waals surface area contributed by atoms with Crippen LogP contribution >= 0.6 is 0 Å². The molecule has 0 saturated carbocycles. The molecule has 98 valence electrons. The standard InChI is InChI=1S/C13H17FN2O2/c14-11-6-7-16(8-12(11)15)13(17)18-9-10-4-2-1-3-5-10/h1-5,11-12H,6-9,15H2/t11-,12+/m0/s1. The molecule has 2 rings (SSSR count). The Morgan fingerprint density at radius 1 is 1.44 bits per heavy atom. The van der Waals surface area contributed by atoms with E-state index in [9.17, 15) is 9.18 Å². The minimum Gasteiger partial charge on any atom is -0.445 e. The molecule has 2 N–H and O–H groups in total. The van der Waals surface area contributed by atoms with Crippen molar-refractivity contribution in [2.24, 2.45) is 5.73 Å². The first kappa shape index (κ1) is 12.8. The molecule has 1 aromatic carbocycles. The highest BCUT2D eigenvalue weighted by molar-refractivity contribution is 5.67. The van der Waals surface area contributed by atoms with Gasteiger partial charge in [0.25, 0.3) is 0 Å². The lowest BCUT2D eigenvalue weighted by Crippen LogP contribution is -2.51. The summed E-state index contributed by atoms with van der Waals surface area (Å²) in [6.45, 7) is 0.807. The van der Waals surface area contributed by atoms with E-state index in [1.807, 2.05) is 30.3 Å². The van der Waals surface area contributed by atoms with Gasteiger partial charge in [0.15, 0.2) is 0 Å². The average molecular weight is 252 g/mol. The zero-order chi connectivity index (χ0) is 13.0. The molecule has 0 bridgehead atoms. The van der Waals surface area contributed by atoms with Crippen LogP contribution in [0.25, 0.3) is 0 Å². The highest BCUT2D eigenvalue weighted by Crippen LogP contribution is 2.14. The predicted octanol–water partition coefficient (Wildman–Crippen LogP) is 1.69. The van der Waals surface area contributed by atoms with E-state index in [0.717, 1.165) is 5.56 Å². The fourth-order valence-electron chi connectivity index (χ4n) is 1.93. The maximum absolute atomic E-state index is 13.2. The minimum atomic E-state index is -1.02. The first-order chi connectivity index (χ1) is 8.66. The lowest BCUT2D eigenvalue weighted by molar-refractivity contribution is 0.0703. The fraction of sp³-hybridized carbons (Fsp3) is 0.462. The summed E-state index contributed by atoms with van der Waals surface area (Å²) in [4.78, 5) is 13.2. The van der Waals surface area contributed by atoms with Crippen molar-refractivity contribution in [2.45, 2.75) is 25.2 Å². The molecule has 4 nitrogen and oxygen atoms in total. The van der Waals surface area contributed by atoms with Gasteiger partial charge in [-0.25, -0.2) is 9.18 Å². The number of likely N-dealkylation sites (tertiary alicyclic amines) is 1. The zero-order valence-electron chi connectivity index (χ0n) is 10.1. The predicted molar refractivity (Wildman–Crippen MR) is 65.7 cm³/mol. The molecule has 1 aliphatic heterocycles. The summed E-state index contributed by atoms with van der Waals surface area (Å²) in [7, 11) is 0. The van der Waals surface area contributed by atoms with Crippen LogP contribution in [0, 0.1) is 0 Å². The second-order valence-electron chi connectivity index (χ2n) is 4.45. The molecule has 1 fully saturated rings. The fourth-order valence-corrected chi connectivity index (χ4v) is 1.93. The van der Waals surface area contributed by atoms with Gasteiger partial charge in [-0.15, -0.1) is 0 Å². The Morgan fingerprint density at radius 3 is 2.83 bits per heavy atom. The van der Waals surface area contributed by atoms with Gasteiger partial charge in [0, 0.05) is 13.1 Å². The van der Waals surface area contributed by atoms with Gasteiger partial charge in [-0.1, -0.05) is 30.3 Å². The van der Waals surface area contributed by atoms with Crippen molar-refractivity contribution in [1.82, 2.24) is 4.90 Å². The largest absolute Gasteiger partial charge is 0.445 e. The quantitative estimate of drug-likeness (QED) is 0.871. The van der Waals surface area contributed by atoms with Crippen molar-refractivity contribution < 1.29 is 13.9 Å². The second kappa shape index (κ2) is 5.82. The van der Waals surface area contributed by atoms with Gasteiger partial charge >= 0.3 is 6.09 Å². The molecule has 0 unspecified atom stereocenters. The number of piperidine rings is 1. The van der Waals surface area contributed by atoms with Crippen LogP contribution < -0.4 is 5.73 Å². The molecule has 1 amide bonds. The van der Waals surface area contributed by atoms with E-state index in [0.29, 0.717) is 6.54 Å². The number of carbonyl (C=O) groups excluding carboxylic acids is 1. The van der Waals surface area contributed by atoms with Gasteiger partial charge < -0.3 is 15.4 Å². The summed E-state index contributed by atoms with van der Waals surface area (Å²) in [5, 5.41) is 0. The van der Waals surface area contributed by atoms with E-state index in [1.54, 1.807) is 0 Å². The average Bonchev–Trinajstić information content (AvgIpc) is 2.40. The Bertz CT molecular complexity index is 399. The van der Waals surface area contributed by atoms with Crippen LogP contribution in [0.15, 0.2) is 30.3 Å². The van der Waals surface area contributed by atoms with E-state index >= 15 is 0 Å². The van der Waals surface area contributed by atoms with Crippen molar-refractivity contribution in [3.8, 4) is 0 Å². The molecular weight excluding hydrogens is 235 g/mol. The normalized spacial score (nSPS) is 23.8. The molecule has 1 aromatic rings. The van der Waals surface area contributed by atoms with Crippen LogP contribution in [0.3, 0.4) is 0 Å². The first-order valence-corrected chi connectivity index (χ1v) is 6.02. The highest BCUT2D eigenvalue weighted by Gasteiger charge is 2.29. The maximum atomic E-state index is 13.2. The molecule has 0 aliphatic carbocycles. The molecule has 5 heteroatoms. The number of benzene rings is 1. The van der Waals surface area contributed by atoms with Crippen molar-refractivity contribution >= 4 is 6.09 Å². The Hall–Kier alpha value is -1.62. The number of nitrogens with zero attached hydrogens (tertiary/aromatic N) is 1. The summed E-state index contributed by atoms with van der Waals surface area (Å²) in [5.41, 5.74) is 6.52. The molecule has 0 spiro atoms. The van der Waals surface area contributed by atoms with E-state index < -0.39 is 18.3 Å². The summed E-state index contributed by atoms with van der Waals surface area (Å²) in [6, 6.07) is 8.82. The van der Waals surface area contributed by atoms with E-state index in [2.05, 4.69) is 0 Å². The lowest BCUT2D eigenvalue weighted by atomic mass is 10.1. The number of rotatable bonds is 2. The number of carbonyl (C=O) groups is 1. The number of alkyl halides is 1. The molecule has 0 radical (unpaired) electrons. The summed E-state index contributed by atoms with van der Waals surface area (Å²) < 4.78 is 18.3. The van der Waals surface area contributed by atoms with Gasteiger partial charge in [0.1, 0.15) is 12.8 Å². The Labute approximate surface area is 106 Å². The van der Waals surface area contributed by atoms with Gasteiger partial charge in [-0.2, -0.15) is 0 Å². The third kappa shape index (κ3) is 3.20. The van der Waals surface area contributed by atoms with Gasteiger partial charge in [0.05, 0.1) is 6.04 Å². The molecule has 1 aliphatic rings. The molecule has 18 heavy (non-hydrogen) atoms. The van der Waals surface area contributed by atoms with Gasteiger partial charge in [-0.3, -0.25) is 0 Å². The second-order valence-corrected chi connectivity index (χ2v) is 4.45. The van der Waals surface area contributed by atoms with E-state index in [1.165, 1.54) is 4.90 Å². The summed E-state index contributed by atoms with van der Waals surface area (Å²) >= 11 is 0. The van der Waals surface area contributed by atoms with Crippen LogP contribution in [0.5, 0.6) is 0 Å². The minimum absolute atomic E-state index is 0.217. The molecule has 2 atom stereocenters. The van der Waals surface area contributed by atoms with E-state index in [4.69, 9.17) is 10.5 Å². The SMILES string of the molecule is N[C@@H]1CN(C(=O)OCc2ccccc2)CC[C@@H]1F. The number of amides is 1.